The second-order valence-electron chi connectivity index (χ2n) is 3.48. The number of aromatic nitrogens is 3. The van der Waals surface area contributed by atoms with Gasteiger partial charge in [-0.15, -0.1) is 0 Å². The molecule has 0 bridgehead atoms. The van der Waals surface area contributed by atoms with Crippen LogP contribution in [0.4, 0.5) is 0 Å². The predicted octanol–water partition coefficient (Wildman–Crippen LogP) is 2.13. The molecule has 3 aromatic rings. The van der Waals surface area contributed by atoms with Crippen molar-refractivity contribution in [1.82, 2.24) is 14.5 Å². The molecular formula is C12H9N3O. The highest BCUT2D eigenvalue weighted by Crippen LogP contribution is 2.19. The Morgan fingerprint density at radius 3 is 2.88 bits per heavy atom. The van der Waals surface area contributed by atoms with E-state index in [1.807, 2.05) is 22.8 Å². The number of fused-ring (bicyclic) bond motifs is 1. The lowest BCUT2D eigenvalue weighted by Gasteiger charge is -2.03. The monoisotopic (exact) mass is 211 g/mol. The highest BCUT2D eigenvalue weighted by Gasteiger charge is 2.04. The first-order valence-corrected chi connectivity index (χ1v) is 4.92. The molecule has 0 saturated carbocycles. The summed E-state index contributed by atoms with van der Waals surface area (Å²) in [4.78, 5) is 8.51. The van der Waals surface area contributed by atoms with Crippen molar-refractivity contribution in [2.75, 3.05) is 0 Å². The summed E-state index contributed by atoms with van der Waals surface area (Å²) in [5, 5.41) is 9.43. The number of nitrogens with zero attached hydrogens (tertiary/aromatic N) is 3. The molecule has 2 heterocycles. The lowest BCUT2D eigenvalue weighted by Crippen LogP contribution is -1.92. The molecule has 0 amide bonds. The first kappa shape index (κ1) is 8.91. The van der Waals surface area contributed by atoms with Gasteiger partial charge < -0.3 is 5.11 Å². The standard InChI is InChI=1S/C12H9N3O/c16-10-4-1-3-9(7-10)15-8-14-11-5-2-6-13-12(11)15/h1-8,16H. The molecule has 2 aromatic heterocycles. The largest absolute Gasteiger partial charge is 0.508 e. The minimum atomic E-state index is 0.232. The number of aromatic hydroxyl groups is 1. The summed E-state index contributed by atoms with van der Waals surface area (Å²) in [5.41, 5.74) is 2.47. The zero-order valence-electron chi connectivity index (χ0n) is 8.41. The van der Waals surface area contributed by atoms with E-state index in [0.29, 0.717) is 0 Å². The Morgan fingerprint density at radius 1 is 1.06 bits per heavy atom. The Kier molecular flexibility index (Phi) is 1.86. The van der Waals surface area contributed by atoms with E-state index >= 15 is 0 Å². The number of rotatable bonds is 1. The van der Waals surface area contributed by atoms with Crippen molar-refractivity contribution in [2.45, 2.75) is 0 Å². The van der Waals surface area contributed by atoms with Gasteiger partial charge in [0, 0.05) is 12.3 Å². The van der Waals surface area contributed by atoms with E-state index in [1.54, 1.807) is 30.7 Å². The second kappa shape index (κ2) is 3.34. The predicted molar refractivity (Wildman–Crippen MR) is 60.5 cm³/mol. The first-order chi connectivity index (χ1) is 7.84. The topological polar surface area (TPSA) is 50.9 Å². The van der Waals surface area contributed by atoms with E-state index in [-0.39, 0.29) is 5.75 Å². The van der Waals surface area contributed by atoms with Gasteiger partial charge in [-0.3, -0.25) is 4.57 Å². The van der Waals surface area contributed by atoms with Gasteiger partial charge in [0.05, 0.1) is 5.69 Å². The van der Waals surface area contributed by atoms with Gasteiger partial charge in [-0.25, -0.2) is 9.97 Å². The third-order valence-electron chi connectivity index (χ3n) is 2.41. The van der Waals surface area contributed by atoms with E-state index in [2.05, 4.69) is 9.97 Å². The number of imidazole rings is 1. The summed E-state index contributed by atoms with van der Waals surface area (Å²) in [5.74, 6) is 0.232. The van der Waals surface area contributed by atoms with Gasteiger partial charge >= 0.3 is 0 Å². The van der Waals surface area contributed by atoms with Gasteiger partial charge in [0.2, 0.25) is 0 Å². The zero-order chi connectivity index (χ0) is 11.0. The summed E-state index contributed by atoms with van der Waals surface area (Å²) < 4.78 is 1.84. The van der Waals surface area contributed by atoms with E-state index in [9.17, 15) is 5.11 Å². The SMILES string of the molecule is Oc1cccc(-n2cnc3cccnc32)c1. The Hall–Kier alpha value is -2.36. The van der Waals surface area contributed by atoms with Crippen LogP contribution in [0.5, 0.6) is 5.75 Å². The van der Waals surface area contributed by atoms with Gasteiger partial charge in [-0.1, -0.05) is 6.07 Å². The molecule has 0 atom stereocenters. The van der Waals surface area contributed by atoms with Crippen molar-refractivity contribution in [3.8, 4) is 11.4 Å². The number of benzene rings is 1. The summed E-state index contributed by atoms with van der Waals surface area (Å²) in [6.07, 6.45) is 3.43. The quantitative estimate of drug-likeness (QED) is 0.670. The number of phenols is 1. The van der Waals surface area contributed by atoms with Crippen LogP contribution < -0.4 is 0 Å². The highest BCUT2D eigenvalue weighted by atomic mass is 16.3. The van der Waals surface area contributed by atoms with Crippen molar-refractivity contribution < 1.29 is 5.11 Å². The van der Waals surface area contributed by atoms with Crippen LogP contribution >= 0.6 is 0 Å². The van der Waals surface area contributed by atoms with Crippen LogP contribution in [0.3, 0.4) is 0 Å². The molecule has 78 valence electrons. The molecule has 16 heavy (non-hydrogen) atoms. The van der Waals surface area contributed by atoms with Gasteiger partial charge in [-0.05, 0) is 24.3 Å². The molecule has 4 heteroatoms. The number of pyridine rings is 1. The summed E-state index contributed by atoms with van der Waals surface area (Å²) >= 11 is 0. The maximum absolute atomic E-state index is 9.43. The lowest BCUT2D eigenvalue weighted by atomic mass is 10.3. The van der Waals surface area contributed by atoms with Crippen molar-refractivity contribution in [3.05, 3.63) is 48.9 Å². The van der Waals surface area contributed by atoms with Crippen molar-refractivity contribution >= 4 is 11.2 Å². The molecule has 0 aliphatic carbocycles. The van der Waals surface area contributed by atoms with Crippen LogP contribution in [0.15, 0.2) is 48.9 Å². The van der Waals surface area contributed by atoms with Gasteiger partial charge in [-0.2, -0.15) is 0 Å². The minimum absolute atomic E-state index is 0.232. The minimum Gasteiger partial charge on any atom is -0.508 e. The Balaban J connectivity index is 2.26. The Morgan fingerprint density at radius 2 is 2.00 bits per heavy atom. The van der Waals surface area contributed by atoms with Crippen molar-refractivity contribution in [2.24, 2.45) is 0 Å². The maximum Gasteiger partial charge on any atom is 0.164 e. The van der Waals surface area contributed by atoms with E-state index in [0.717, 1.165) is 16.9 Å². The number of hydrogen-bond donors (Lipinski definition) is 1. The highest BCUT2D eigenvalue weighted by molar-refractivity contribution is 5.72. The molecule has 4 nitrogen and oxygen atoms in total. The summed E-state index contributed by atoms with van der Waals surface area (Å²) in [6, 6.07) is 10.8. The van der Waals surface area contributed by atoms with Crippen molar-refractivity contribution in [3.63, 3.8) is 0 Å². The maximum atomic E-state index is 9.43. The molecule has 0 aliphatic heterocycles. The van der Waals surface area contributed by atoms with E-state index in [1.165, 1.54) is 0 Å². The molecule has 0 unspecified atom stereocenters. The van der Waals surface area contributed by atoms with Crippen LogP contribution in [0, 0.1) is 0 Å². The van der Waals surface area contributed by atoms with Crippen LogP contribution in [-0.2, 0) is 0 Å². The third-order valence-corrected chi connectivity index (χ3v) is 2.41. The normalized spacial score (nSPS) is 10.8. The molecule has 0 spiro atoms. The molecule has 0 aliphatic rings. The van der Waals surface area contributed by atoms with Gasteiger partial charge in [0.1, 0.15) is 17.6 Å². The molecule has 1 aromatic carbocycles. The zero-order valence-corrected chi connectivity index (χ0v) is 8.41. The molecule has 0 saturated heterocycles. The van der Waals surface area contributed by atoms with Gasteiger partial charge in [0.25, 0.3) is 0 Å². The second-order valence-corrected chi connectivity index (χ2v) is 3.48. The van der Waals surface area contributed by atoms with Crippen molar-refractivity contribution in [1.29, 1.82) is 0 Å². The molecule has 0 radical (unpaired) electrons. The average Bonchev–Trinajstić information content (AvgIpc) is 2.72. The molecule has 3 rings (SSSR count). The van der Waals surface area contributed by atoms with E-state index < -0.39 is 0 Å². The third kappa shape index (κ3) is 1.32. The summed E-state index contributed by atoms with van der Waals surface area (Å²) in [6.45, 7) is 0. The van der Waals surface area contributed by atoms with Gasteiger partial charge in [0.15, 0.2) is 5.65 Å². The smallest absolute Gasteiger partial charge is 0.164 e. The molecular weight excluding hydrogens is 202 g/mol. The van der Waals surface area contributed by atoms with Crippen LogP contribution in [0.25, 0.3) is 16.9 Å². The fourth-order valence-electron chi connectivity index (χ4n) is 1.68. The van der Waals surface area contributed by atoms with Crippen LogP contribution in [0.1, 0.15) is 0 Å². The van der Waals surface area contributed by atoms with E-state index in [4.69, 9.17) is 0 Å². The Bertz CT molecular complexity index is 645. The first-order valence-electron chi connectivity index (χ1n) is 4.92. The molecule has 0 fully saturated rings. The van der Waals surface area contributed by atoms with Crippen LogP contribution in [-0.4, -0.2) is 19.6 Å². The van der Waals surface area contributed by atoms with Crippen LogP contribution in [0.2, 0.25) is 0 Å². The lowest BCUT2D eigenvalue weighted by molar-refractivity contribution is 0.475. The average molecular weight is 211 g/mol. The molecule has 1 N–H and O–H groups in total. The number of hydrogen-bond acceptors (Lipinski definition) is 3. The fourth-order valence-corrected chi connectivity index (χ4v) is 1.68. The summed E-state index contributed by atoms with van der Waals surface area (Å²) in [7, 11) is 0. The Labute approximate surface area is 91.8 Å². The fraction of sp³-hybridized carbons (Fsp3) is 0. The number of phenolic OH excluding ortho intramolecular Hbond substituents is 1.